The summed E-state index contributed by atoms with van der Waals surface area (Å²) >= 11 is 0. The highest BCUT2D eigenvalue weighted by Gasteiger charge is 2.06. The zero-order valence-corrected chi connectivity index (χ0v) is 15.2. The van der Waals surface area contributed by atoms with Gasteiger partial charge in [0.1, 0.15) is 0 Å². The Morgan fingerprint density at radius 3 is 2.54 bits per heavy atom. The molecule has 0 bridgehead atoms. The molecule has 0 aliphatic rings. The topological polar surface area (TPSA) is 62.7 Å². The number of esters is 1. The molecule has 0 spiro atoms. The molecule has 0 aromatic heterocycles. The molecule has 5 heteroatoms. The van der Waals surface area contributed by atoms with Gasteiger partial charge in [-0.2, -0.15) is 0 Å². The van der Waals surface area contributed by atoms with Gasteiger partial charge in [0.2, 0.25) is 0 Å². The van der Waals surface area contributed by atoms with E-state index < -0.39 is 0 Å². The van der Waals surface area contributed by atoms with E-state index in [0.29, 0.717) is 13.0 Å². The highest BCUT2D eigenvalue weighted by molar-refractivity contribution is 5.80. The number of carbonyl (C=O) groups excluding carboxylic acids is 1. The van der Waals surface area contributed by atoms with E-state index >= 15 is 0 Å². The van der Waals surface area contributed by atoms with E-state index in [2.05, 4.69) is 34.7 Å². The summed E-state index contributed by atoms with van der Waals surface area (Å²) in [4.78, 5) is 15.5. The Labute approximate surface area is 145 Å². The van der Waals surface area contributed by atoms with Crippen molar-refractivity contribution in [3.63, 3.8) is 0 Å². The van der Waals surface area contributed by atoms with Gasteiger partial charge in [-0.15, -0.1) is 0 Å². The summed E-state index contributed by atoms with van der Waals surface area (Å²) in [6.07, 6.45) is 4.63. The van der Waals surface area contributed by atoms with Crippen molar-refractivity contribution in [3.05, 3.63) is 35.9 Å². The number of hydrogen-bond acceptors (Lipinski definition) is 3. The summed E-state index contributed by atoms with van der Waals surface area (Å²) in [5.41, 5.74) is 1.24. The molecule has 0 aliphatic heterocycles. The Morgan fingerprint density at radius 1 is 1.17 bits per heavy atom. The minimum atomic E-state index is -0.0878. The Hall–Kier alpha value is -2.04. The monoisotopic (exact) mass is 333 g/mol. The number of guanidine groups is 1. The van der Waals surface area contributed by atoms with Crippen molar-refractivity contribution in [1.82, 2.24) is 10.6 Å². The van der Waals surface area contributed by atoms with E-state index in [-0.39, 0.29) is 12.0 Å². The lowest BCUT2D eigenvalue weighted by Gasteiger charge is -2.18. The van der Waals surface area contributed by atoms with E-state index in [1.165, 1.54) is 5.56 Å². The van der Waals surface area contributed by atoms with Crippen molar-refractivity contribution in [1.29, 1.82) is 0 Å². The molecule has 0 amide bonds. The predicted octanol–water partition coefficient (Wildman–Crippen LogP) is 3.43. The zero-order valence-electron chi connectivity index (χ0n) is 15.2. The molecule has 0 saturated heterocycles. The SMILES string of the molecule is CCOC(=O)CCCCCCNC(=NC)NC(C)c1ccccc1. The summed E-state index contributed by atoms with van der Waals surface area (Å²) in [5.74, 6) is 0.730. The van der Waals surface area contributed by atoms with Crippen molar-refractivity contribution >= 4 is 11.9 Å². The third-order valence-corrected chi connectivity index (χ3v) is 3.78. The highest BCUT2D eigenvalue weighted by Crippen LogP contribution is 2.10. The molecule has 0 aliphatic carbocycles. The molecule has 0 radical (unpaired) electrons. The first-order valence-corrected chi connectivity index (χ1v) is 8.85. The molecule has 0 heterocycles. The van der Waals surface area contributed by atoms with Crippen LogP contribution in [0.2, 0.25) is 0 Å². The first-order chi connectivity index (χ1) is 11.7. The van der Waals surface area contributed by atoms with Gasteiger partial charge in [-0.25, -0.2) is 0 Å². The lowest BCUT2D eigenvalue weighted by Crippen LogP contribution is -2.39. The normalized spacial score (nSPS) is 12.5. The molecule has 134 valence electrons. The number of nitrogens with zero attached hydrogens (tertiary/aromatic N) is 1. The van der Waals surface area contributed by atoms with E-state index in [9.17, 15) is 4.79 Å². The van der Waals surface area contributed by atoms with Gasteiger partial charge in [-0.3, -0.25) is 9.79 Å². The van der Waals surface area contributed by atoms with Crippen molar-refractivity contribution in [2.24, 2.45) is 4.99 Å². The molecule has 1 aromatic carbocycles. The number of hydrogen-bond donors (Lipinski definition) is 2. The number of unbranched alkanes of at least 4 members (excludes halogenated alkanes) is 3. The van der Waals surface area contributed by atoms with Crippen LogP contribution in [0.5, 0.6) is 0 Å². The van der Waals surface area contributed by atoms with Crippen LogP contribution in [0.15, 0.2) is 35.3 Å². The molecule has 5 nitrogen and oxygen atoms in total. The number of rotatable bonds is 10. The van der Waals surface area contributed by atoms with Crippen LogP contribution in [0, 0.1) is 0 Å². The maximum Gasteiger partial charge on any atom is 0.305 e. The average Bonchev–Trinajstić information content (AvgIpc) is 2.60. The molecule has 2 N–H and O–H groups in total. The van der Waals surface area contributed by atoms with Crippen molar-refractivity contribution in [2.45, 2.75) is 52.0 Å². The van der Waals surface area contributed by atoms with Gasteiger partial charge in [0, 0.05) is 20.0 Å². The molecule has 1 rings (SSSR count). The Balaban J connectivity index is 2.13. The second-order valence-electron chi connectivity index (χ2n) is 5.74. The molecule has 1 atom stereocenters. The van der Waals surface area contributed by atoms with Gasteiger partial charge in [0.15, 0.2) is 5.96 Å². The first kappa shape index (κ1) is 20.0. The molecule has 1 aromatic rings. The highest BCUT2D eigenvalue weighted by atomic mass is 16.5. The Morgan fingerprint density at radius 2 is 1.88 bits per heavy atom. The first-order valence-electron chi connectivity index (χ1n) is 8.85. The van der Waals surface area contributed by atoms with Crippen molar-refractivity contribution in [3.8, 4) is 0 Å². The molecular formula is C19H31N3O2. The van der Waals surface area contributed by atoms with E-state index in [1.807, 2.05) is 25.1 Å². The van der Waals surface area contributed by atoms with Crippen LogP contribution < -0.4 is 10.6 Å². The standard InChI is InChI=1S/C19H31N3O2/c1-4-24-18(23)14-10-5-6-11-15-21-19(20-3)22-16(2)17-12-8-7-9-13-17/h7-9,12-13,16H,4-6,10-11,14-15H2,1-3H3,(H2,20,21,22). The van der Waals surface area contributed by atoms with Gasteiger partial charge < -0.3 is 15.4 Å². The summed E-state index contributed by atoms with van der Waals surface area (Å²) in [5, 5.41) is 6.73. The second-order valence-corrected chi connectivity index (χ2v) is 5.74. The minimum Gasteiger partial charge on any atom is -0.466 e. The smallest absolute Gasteiger partial charge is 0.305 e. The van der Waals surface area contributed by atoms with Crippen LogP contribution in [-0.2, 0) is 9.53 Å². The van der Waals surface area contributed by atoms with Gasteiger partial charge in [-0.05, 0) is 32.3 Å². The molecule has 0 fully saturated rings. The molecule has 24 heavy (non-hydrogen) atoms. The van der Waals surface area contributed by atoms with Crippen LogP contribution in [0.1, 0.15) is 57.6 Å². The maximum absolute atomic E-state index is 11.2. The molecule has 0 saturated carbocycles. The third-order valence-electron chi connectivity index (χ3n) is 3.78. The lowest BCUT2D eigenvalue weighted by molar-refractivity contribution is -0.143. The third kappa shape index (κ3) is 8.56. The Kier molecular flexibility index (Phi) is 10.3. The van der Waals surface area contributed by atoms with Crippen LogP contribution in [-0.4, -0.2) is 32.1 Å². The fraction of sp³-hybridized carbons (Fsp3) is 0.579. The summed E-state index contributed by atoms with van der Waals surface area (Å²) in [7, 11) is 1.78. The van der Waals surface area contributed by atoms with Crippen molar-refractivity contribution in [2.75, 3.05) is 20.2 Å². The number of ether oxygens (including phenoxy) is 1. The Bertz CT molecular complexity index is 489. The van der Waals surface area contributed by atoms with E-state index in [1.54, 1.807) is 7.05 Å². The predicted molar refractivity (Wildman–Crippen MR) is 99.1 cm³/mol. The number of benzene rings is 1. The van der Waals surface area contributed by atoms with Gasteiger partial charge >= 0.3 is 5.97 Å². The number of nitrogens with one attached hydrogen (secondary N) is 2. The molecule has 1 unspecified atom stereocenters. The average molecular weight is 333 g/mol. The van der Waals surface area contributed by atoms with Gasteiger partial charge in [-0.1, -0.05) is 43.2 Å². The van der Waals surface area contributed by atoms with Crippen LogP contribution in [0.4, 0.5) is 0 Å². The lowest BCUT2D eigenvalue weighted by atomic mass is 10.1. The largest absolute Gasteiger partial charge is 0.466 e. The van der Waals surface area contributed by atoms with Gasteiger partial charge in [0.25, 0.3) is 0 Å². The van der Waals surface area contributed by atoms with Crippen LogP contribution in [0.25, 0.3) is 0 Å². The zero-order chi connectivity index (χ0) is 17.6. The van der Waals surface area contributed by atoms with Crippen molar-refractivity contribution < 1.29 is 9.53 Å². The number of carbonyl (C=O) groups is 1. The summed E-state index contributed by atoms with van der Waals surface area (Å²) in [6, 6.07) is 10.5. The summed E-state index contributed by atoms with van der Waals surface area (Å²) in [6.45, 7) is 5.30. The minimum absolute atomic E-state index is 0.0878. The van der Waals surface area contributed by atoms with E-state index in [4.69, 9.17) is 4.74 Å². The maximum atomic E-state index is 11.2. The summed E-state index contributed by atoms with van der Waals surface area (Å²) < 4.78 is 4.91. The van der Waals surface area contributed by atoms with Crippen LogP contribution >= 0.6 is 0 Å². The number of aliphatic imine (C=N–C) groups is 1. The quantitative estimate of drug-likeness (QED) is 0.298. The fourth-order valence-corrected chi connectivity index (χ4v) is 2.41. The van der Waals surface area contributed by atoms with Gasteiger partial charge in [0.05, 0.1) is 12.6 Å². The second kappa shape index (κ2) is 12.4. The van der Waals surface area contributed by atoms with E-state index in [0.717, 1.165) is 38.2 Å². The van der Waals surface area contributed by atoms with Crippen LogP contribution in [0.3, 0.4) is 0 Å². The molecular weight excluding hydrogens is 302 g/mol. The fourth-order valence-electron chi connectivity index (χ4n) is 2.41.